The van der Waals surface area contributed by atoms with Gasteiger partial charge in [0.1, 0.15) is 0 Å². The Hall–Kier alpha value is -2.69. The van der Waals surface area contributed by atoms with E-state index in [2.05, 4.69) is 51.8 Å². The number of para-hydroxylation sites is 1. The topological polar surface area (TPSA) is 34.0 Å². The van der Waals surface area contributed by atoms with E-state index in [0.29, 0.717) is 0 Å². The van der Waals surface area contributed by atoms with Crippen LogP contribution in [0, 0.1) is 0 Å². The Morgan fingerprint density at radius 3 is 2.71 bits per heavy atom. The Morgan fingerprint density at radius 1 is 1.07 bits per heavy atom. The molecule has 0 spiro atoms. The second-order valence-electron chi connectivity index (χ2n) is 7.39. The average molecular weight is 389 g/mol. The Labute approximate surface area is 169 Å². The van der Waals surface area contributed by atoms with Crippen molar-refractivity contribution in [2.75, 3.05) is 6.54 Å². The fourth-order valence-corrected chi connectivity index (χ4v) is 4.10. The van der Waals surface area contributed by atoms with Gasteiger partial charge in [-0.25, -0.2) is 9.97 Å². The molecule has 4 nitrogen and oxygen atoms in total. The van der Waals surface area contributed by atoms with Gasteiger partial charge in [-0.1, -0.05) is 29.8 Å². The number of rotatable bonds is 3. The van der Waals surface area contributed by atoms with Crippen molar-refractivity contribution >= 4 is 22.5 Å². The summed E-state index contributed by atoms with van der Waals surface area (Å²) in [5.74, 6) is 0.776. The molecule has 0 unspecified atom stereocenters. The van der Waals surface area contributed by atoms with E-state index in [1.807, 2.05) is 30.5 Å². The molecule has 0 amide bonds. The number of benzene rings is 2. The van der Waals surface area contributed by atoms with Gasteiger partial charge in [0.2, 0.25) is 0 Å². The molecule has 0 aliphatic carbocycles. The lowest BCUT2D eigenvalue weighted by molar-refractivity contribution is 0.238. The Balaban J connectivity index is 1.36. The van der Waals surface area contributed by atoms with Gasteiger partial charge < -0.3 is 4.57 Å². The molecule has 140 valence electrons. The Morgan fingerprint density at radius 2 is 1.89 bits per heavy atom. The highest BCUT2D eigenvalue weighted by molar-refractivity contribution is 6.30. The lowest BCUT2D eigenvalue weighted by Crippen LogP contribution is -2.31. The van der Waals surface area contributed by atoms with Crippen molar-refractivity contribution in [1.82, 2.24) is 19.4 Å². The van der Waals surface area contributed by atoms with Gasteiger partial charge in [-0.2, -0.15) is 0 Å². The molecule has 0 N–H and O–H groups in total. The Bertz CT molecular complexity index is 1150. The van der Waals surface area contributed by atoms with Gasteiger partial charge in [0.15, 0.2) is 5.82 Å². The first-order chi connectivity index (χ1) is 13.7. The van der Waals surface area contributed by atoms with Crippen molar-refractivity contribution < 1.29 is 0 Å². The van der Waals surface area contributed by atoms with Crippen LogP contribution in [0.25, 0.3) is 22.3 Å². The first-order valence-electron chi connectivity index (χ1n) is 9.54. The van der Waals surface area contributed by atoms with Crippen LogP contribution >= 0.6 is 11.6 Å². The molecule has 5 rings (SSSR count). The van der Waals surface area contributed by atoms with Gasteiger partial charge >= 0.3 is 0 Å². The molecular formula is C23H21ClN4. The third-order valence-electron chi connectivity index (χ3n) is 5.55. The molecule has 0 saturated heterocycles. The van der Waals surface area contributed by atoms with Gasteiger partial charge in [0.05, 0.1) is 5.69 Å². The molecule has 1 aliphatic heterocycles. The SMILES string of the molecule is Cn1c(CN2CCc3nc(-c4ccc(Cl)cc4)ncc3C2)cc2ccccc21. The van der Waals surface area contributed by atoms with Gasteiger partial charge in [-0.15, -0.1) is 0 Å². The maximum Gasteiger partial charge on any atom is 0.159 e. The zero-order valence-corrected chi connectivity index (χ0v) is 16.5. The summed E-state index contributed by atoms with van der Waals surface area (Å²) in [6, 6.07) is 18.5. The van der Waals surface area contributed by atoms with E-state index in [1.165, 1.54) is 22.2 Å². The van der Waals surface area contributed by atoms with Crippen LogP contribution in [0.3, 0.4) is 0 Å². The molecular weight excluding hydrogens is 368 g/mol. The van der Waals surface area contributed by atoms with Crippen LogP contribution in [0.5, 0.6) is 0 Å². The monoisotopic (exact) mass is 388 g/mol. The van der Waals surface area contributed by atoms with Crippen LogP contribution in [0.2, 0.25) is 5.02 Å². The molecule has 0 saturated carbocycles. The first kappa shape index (κ1) is 17.4. The summed E-state index contributed by atoms with van der Waals surface area (Å²) in [5, 5.41) is 2.03. The lowest BCUT2D eigenvalue weighted by atomic mass is 10.1. The zero-order valence-electron chi connectivity index (χ0n) is 15.8. The van der Waals surface area contributed by atoms with Crippen molar-refractivity contribution in [3.8, 4) is 11.4 Å². The molecule has 0 atom stereocenters. The molecule has 3 heterocycles. The molecule has 1 aliphatic rings. The number of hydrogen-bond acceptors (Lipinski definition) is 3. The third-order valence-corrected chi connectivity index (χ3v) is 5.80. The maximum atomic E-state index is 5.99. The maximum absolute atomic E-state index is 5.99. The molecule has 0 radical (unpaired) electrons. The molecule has 4 aromatic rings. The van der Waals surface area contributed by atoms with Crippen molar-refractivity contribution in [1.29, 1.82) is 0 Å². The van der Waals surface area contributed by atoms with Gasteiger partial charge in [0, 0.05) is 66.7 Å². The van der Waals surface area contributed by atoms with Gasteiger partial charge in [-0.05, 0) is 41.8 Å². The minimum Gasteiger partial charge on any atom is -0.346 e. The number of aromatic nitrogens is 3. The van der Waals surface area contributed by atoms with E-state index < -0.39 is 0 Å². The van der Waals surface area contributed by atoms with Gasteiger partial charge in [0.25, 0.3) is 0 Å². The van der Waals surface area contributed by atoms with E-state index in [0.717, 1.165) is 48.2 Å². The van der Waals surface area contributed by atoms with Crippen molar-refractivity contribution in [2.24, 2.45) is 7.05 Å². The number of aryl methyl sites for hydroxylation is 1. The summed E-state index contributed by atoms with van der Waals surface area (Å²) in [4.78, 5) is 11.9. The summed E-state index contributed by atoms with van der Waals surface area (Å²) >= 11 is 5.99. The molecule has 2 aromatic heterocycles. The number of hydrogen-bond donors (Lipinski definition) is 0. The fourth-order valence-electron chi connectivity index (χ4n) is 3.97. The fraction of sp³-hybridized carbons (Fsp3) is 0.217. The second-order valence-corrected chi connectivity index (χ2v) is 7.82. The highest BCUT2D eigenvalue weighted by atomic mass is 35.5. The van der Waals surface area contributed by atoms with Crippen LogP contribution < -0.4 is 0 Å². The summed E-state index contributed by atoms with van der Waals surface area (Å²) in [7, 11) is 2.15. The quantitative estimate of drug-likeness (QED) is 0.503. The van der Waals surface area contributed by atoms with Crippen LogP contribution in [0.15, 0.2) is 60.8 Å². The lowest BCUT2D eigenvalue weighted by Gasteiger charge is -2.28. The normalized spacial score (nSPS) is 14.4. The van der Waals surface area contributed by atoms with E-state index >= 15 is 0 Å². The average Bonchev–Trinajstić information content (AvgIpc) is 3.04. The highest BCUT2D eigenvalue weighted by Crippen LogP contribution is 2.25. The van der Waals surface area contributed by atoms with E-state index in [4.69, 9.17) is 16.6 Å². The highest BCUT2D eigenvalue weighted by Gasteiger charge is 2.20. The predicted octanol–water partition coefficient (Wildman–Crippen LogP) is 4.85. The summed E-state index contributed by atoms with van der Waals surface area (Å²) < 4.78 is 2.30. The van der Waals surface area contributed by atoms with Crippen LogP contribution in [0.1, 0.15) is 17.0 Å². The summed E-state index contributed by atoms with van der Waals surface area (Å²) in [6.45, 7) is 2.83. The van der Waals surface area contributed by atoms with Crippen molar-refractivity contribution in [3.63, 3.8) is 0 Å². The standard InChI is InChI=1S/C23H21ClN4/c1-27-20(12-17-4-2-3-5-22(17)27)15-28-11-10-21-18(14-28)13-25-23(26-21)16-6-8-19(24)9-7-16/h2-9,12-13H,10-11,14-15H2,1H3. The van der Waals surface area contributed by atoms with Crippen LogP contribution in [-0.2, 0) is 26.6 Å². The van der Waals surface area contributed by atoms with Gasteiger partial charge in [-0.3, -0.25) is 4.90 Å². The molecule has 0 fully saturated rings. The minimum atomic E-state index is 0.727. The molecule has 5 heteroatoms. The number of nitrogens with zero attached hydrogens (tertiary/aromatic N) is 4. The van der Waals surface area contributed by atoms with Crippen LogP contribution in [0.4, 0.5) is 0 Å². The van der Waals surface area contributed by atoms with E-state index in [-0.39, 0.29) is 0 Å². The largest absolute Gasteiger partial charge is 0.346 e. The third kappa shape index (κ3) is 3.19. The van der Waals surface area contributed by atoms with E-state index in [1.54, 1.807) is 0 Å². The second kappa shape index (κ2) is 7.04. The number of fused-ring (bicyclic) bond motifs is 2. The first-order valence-corrected chi connectivity index (χ1v) is 9.91. The summed E-state index contributed by atoms with van der Waals surface area (Å²) in [5.41, 5.74) is 6.01. The smallest absolute Gasteiger partial charge is 0.159 e. The summed E-state index contributed by atoms with van der Waals surface area (Å²) in [6.07, 6.45) is 2.93. The van der Waals surface area contributed by atoms with E-state index in [9.17, 15) is 0 Å². The Kier molecular flexibility index (Phi) is 4.38. The zero-order chi connectivity index (χ0) is 19.1. The van der Waals surface area contributed by atoms with Crippen LogP contribution in [-0.4, -0.2) is 26.0 Å². The molecule has 0 bridgehead atoms. The number of halogens is 1. The van der Waals surface area contributed by atoms with Crippen molar-refractivity contribution in [3.05, 3.63) is 82.8 Å². The molecule has 28 heavy (non-hydrogen) atoms. The minimum absolute atomic E-state index is 0.727. The predicted molar refractivity (Wildman–Crippen MR) is 113 cm³/mol. The van der Waals surface area contributed by atoms with Crippen molar-refractivity contribution in [2.45, 2.75) is 19.5 Å². The molecule has 2 aromatic carbocycles.